The molecule has 1 aliphatic heterocycles. The molecule has 10 heteroatoms. The van der Waals surface area contributed by atoms with Crippen molar-refractivity contribution in [1.82, 2.24) is 25.0 Å². The maximum absolute atomic E-state index is 13.3. The van der Waals surface area contributed by atoms with Crippen molar-refractivity contribution in [1.29, 1.82) is 0 Å². The summed E-state index contributed by atoms with van der Waals surface area (Å²) >= 11 is 1.50. The zero-order valence-corrected chi connectivity index (χ0v) is 23.3. The largest absolute Gasteiger partial charge is 0.394 e. The van der Waals surface area contributed by atoms with Crippen LogP contribution in [0, 0.1) is 11.8 Å². The molecule has 9 nitrogen and oxygen atoms in total. The first-order valence-electron chi connectivity index (χ1n) is 13.0. The van der Waals surface area contributed by atoms with Gasteiger partial charge in [0.1, 0.15) is 6.04 Å². The van der Waals surface area contributed by atoms with Crippen LogP contribution in [0.25, 0.3) is 21.5 Å². The lowest BCUT2D eigenvalue weighted by Gasteiger charge is -2.29. The molecule has 4 unspecified atom stereocenters. The van der Waals surface area contributed by atoms with Gasteiger partial charge in [0, 0.05) is 42.8 Å². The molecule has 2 amide bonds. The molecule has 0 saturated carbocycles. The molecule has 37 heavy (non-hydrogen) atoms. The van der Waals surface area contributed by atoms with Crippen LogP contribution in [0.1, 0.15) is 59.6 Å². The highest BCUT2D eigenvalue weighted by Gasteiger charge is 2.41. The van der Waals surface area contributed by atoms with Gasteiger partial charge in [0.05, 0.1) is 40.2 Å². The van der Waals surface area contributed by atoms with Crippen LogP contribution in [0.3, 0.4) is 0 Å². The van der Waals surface area contributed by atoms with Crippen molar-refractivity contribution in [3.05, 3.63) is 35.5 Å². The topological polar surface area (TPSA) is 121 Å². The summed E-state index contributed by atoms with van der Waals surface area (Å²) < 4.78 is 2.86. The van der Waals surface area contributed by atoms with Gasteiger partial charge < -0.3 is 20.4 Å². The molecule has 3 heterocycles. The van der Waals surface area contributed by atoms with Gasteiger partial charge >= 0.3 is 0 Å². The summed E-state index contributed by atoms with van der Waals surface area (Å²) in [7, 11) is 0. The normalized spacial score (nSPS) is 19.0. The van der Waals surface area contributed by atoms with Crippen LogP contribution in [0.15, 0.2) is 29.9 Å². The number of nitrogens with one attached hydrogen (secondary N) is 1. The van der Waals surface area contributed by atoms with E-state index in [0.717, 1.165) is 22.5 Å². The molecule has 1 aliphatic rings. The Balaban J connectivity index is 0.00000186. The zero-order valence-electron chi connectivity index (χ0n) is 22.5. The molecule has 1 aromatic carbocycles. The van der Waals surface area contributed by atoms with E-state index >= 15 is 0 Å². The molecule has 0 aliphatic carbocycles. The fourth-order valence-corrected chi connectivity index (χ4v) is 5.45. The SMILES string of the molecule is CC.CCn1nccc1-c1ccc(C(CO)NC(=O)C2CC(O)CN2C(=O)C(C)C(C)C)c2ncsc12. The van der Waals surface area contributed by atoms with Crippen molar-refractivity contribution in [3.8, 4) is 11.3 Å². The molecular weight excluding hydrogens is 490 g/mol. The van der Waals surface area contributed by atoms with Crippen molar-refractivity contribution in [3.63, 3.8) is 0 Å². The summed E-state index contributed by atoms with van der Waals surface area (Å²) in [5.74, 6) is -0.671. The van der Waals surface area contributed by atoms with Gasteiger partial charge in [0.2, 0.25) is 11.8 Å². The Kier molecular flexibility index (Phi) is 9.80. The number of carbonyl (C=O) groups is 2. The van der Waals surface area contributed by atoms with Gasteiger partial charge in [0.15, 0.2) is 0 Å². The van der Waals surface area contributed by atoms with Crippen molar-refractivity contribution in [2.75, 3.05) is 13.2 Å². The molecule has 1 fully saturated rings. The van der Waals surface area contributed by atoms with Crippen LogP contribution in [0.5, 0.6) is 0 Å². The standard InChI is InChI=1S/C25H33N5O4S.C2H6/c1-5-30-20(8-9-27-30)18-7-6-17(22-23(18)35-13-26-22)19(12-31)28-24(33)21-10-16(32)11-29(21)25(34)15(4)14(2)3;1-2/h6-9,13-16,19,21,31-32H,5,10-12H2,1-4H3,(H,28,33);1-2H3. The lowest BCUT2D eigenvalue weighted by Crippen LogP contribution is -2.49. The highest BCUT2D eigenvalue weighted by Crippen LogP contribution is 2.35. The highest BCUT2D eigenvalue weighted by atomic mass is 32.1. The first-order chi connectivity index (χ1) is 17.8. The van der Waals surface area contributed by atoms with E-state index in [1.807, 2.05) is 64.4 Å². The van der Waals surface area contributed by atoms with Crippen molar-refractivity contribution in [2.45, 2.75) is 72.7 Å². The quantitative estimate of drug-likeness (QED) is 0.410. The fraction of sp³-hybridized carbons (Fsp3) is 0.556. The summed E-state index contributed by atoms with van der Waals surface area (Å²) in [5.41, 5.74) is 5.14. The Bertz CT molecular complexity index is 1210. The second kappa shape index (κ2) is 12.6. The molecule has 1 saturated heterocycles. The summed E-state index contributed by atoms with van der Waals surface area (Å²) in [6, 6.07) is 4.32. The van der Waals surface area contributed by atoms with Gasteiger partial charge in [0.25, 0.3) is 0 Å². The van der Waals surface area contributed by atoms with Crippen molar-refractivity contribution >= 4 is 33.4 Å². The summed E-state index contributed by atoms with van der Waals surface area (Å²) in [6.45, 7) is 12.3. The third kappa shape index (κ3) is 5.86. The molecule has 0 bridgehead atoms. The third-order valence-electron chi connectivity index (χ3n) is 6.94. The molecule has 3 aromatic rings. The molecule has 202 valence electrons. The van der Waals surface area contributed by atoms with Crippen LogP contribution in [-0.4, -0.2) is 67.0 Å². The van der Waals surface area contributed by atoms with E-state index in [-0.39, 0.29) is 43.2 Å². The van der Waals surface area contributed by atoms with Gasteiger partial charge in [-0.25, -0.2) is 4.98 Å². The van der Waals surface area contributed by atoms with Crippen LogP contribution in [0.4, 0.5) is 0 Å². The number of thiazole rings is 1. The maximum atomic E-state index is 13.3. The van der Waals surface area contributed by atoms with E-state index in [0.29, 0.717) is 11.1 Å². The summed E-state index contributed by atoms with van der Waals surface area (Å²) in [5, 5.41) is 27.7. The van der Waals surface area contributed by atoms with Crippen LogP contribution < -0.4 is 5.32 Å². The number of aliphatic hydroxyl groups excluding tert-OH is 2. The Hall–Kier alpha value is -2.82. The van der Waals surface area contributed by atoms with E-state index in [2.05, 4.69) is 15.4 Å². The first kappa shape index (κ1) is 28.7. The molecule has 0 radical (unpaired) electrons. The minimum atomic E-state index is -0.781. The number of nitrogens with zero attached hydrogens (tertiary/aromatic N) is 4. The lowest BCUT2D eigenvalue weighted by atomic mass is 9.96. The number of β-amino-alcohol motifs (C(OH)–C–C–N with tert-alkyl or cyclic N) is 1. The zero-order chi connectivity index (χ0) is 27.3. The number of carbonyl (C=O) groups excluding carboxylic acids is 2. The second-order valence-electron chi connectivity index (χ2n) is 9.44. The maximum Gasteiger partial charge on any atom is 0.243 e. The highest BCUT2D eigenvalue weighted by molar-refractivity contribution is 7.17. The number of hydrogen-bond acceptors (Lipinski definition) is 7. The van der Waals surface area contributed by atoms with Crippen LogP contribution >= 0.6 is 11.3 Å². The first-order valence-corrected chi connectivity index (χ1v) is 13.9. The van der Waals surface area contributed by atoms with E-state index in [9.17, 15) is 19.8 Å². The number of aliphatic hydroxyl groups is 2. The monoisotopic (exact) mass is 529 g/mol. The Labute approximate surface area is 222 Å². The number of likely N-dealkylation sites (tertiary alicyclic amines) is 1. The van der Waals surface area contributed by atoms with Gasteiger partial charge in [-0.3, -0.25) is 14.3 Å². The fourth-order valence-electron chi connectivity index (χ4n) is 4.61. The average Bonchev–Trinajstić information content (AvgIpc) is 3.66. The average molecular weight is 530 g/mol. The molecule has 3 N–H and O–H groups in total. The van der Waals surface area contributed by atoms with E-state index in [1.54, 1.807) is 11.7 Å². The molecular formula is C27H39N5O4S. The van der Waals surface area contributed by atoms with E-state index < -0.39 is 18.2 Å². The van der Waals surface area contributed by atoms with Gasteiger partial charge in [-0.05, 0) is 18.9 Å². The minimum absolute atomic E-state index is 0.120. The Morgan fingerprint density at radius 2 is 1.95 bits per heavy atom. The summed E-state index contributed by atoms with van der Waals surface area (Å²) in [6.07, 6.45) is 1.18. The van der Waals surface area contributed by atoms with E-state index in [1.165, 1.54) is 16.2 Å². The molecule has 4 rings (SSSR count). The Morgan fingerprint density at radius 3 is 2.59 bits per heavy atom. The van der Waals surface area contributed by atoms with Crippen molar-refractivity contribution < 1.29 is 19.8 Å². The molecule has 2 aromatic heterocycles. The minimum Gasteiger partial charge on any atom is -0.394 e. The predicted octanol–water partition coefficient (Wildman–Crippen LogP) is 3.61. The number of fused-ring (bicyclic) bond motifs is 1. The van der Waals surface area contributed by atoms with Gasteiger partial charge in [-0.1, -0.05) is 46.8 Å². The van der Waals surface area contributed by atoms with Gasteiger partial charge in [-0.2, -0.15) is 5.10 Å². The smallest absolute Gasteiger partial charge is 0.243 e. The molecule has 0 spiro atoms. The molecule has 4 atom stereocenters. The number of amides is 2. The predicted molar refractivity (Wildman–Crippen MR) is 146 cm³/mol. The lowest BCUT2D eigenvalue weighted by molar-refractivity contribution is -0.142. The number of benzene rings is 1. The van der Waals surface area contributed by atoms with E-state index in [4.69, 9.17) is 0 Å². The third-order valence-corrected chi connectivity index (χ3v) is 7.80. The van der Waals surface area contributed by atoms with Crippen LogP contribution in [0.2, 0.25) is 0 Å². The Morgan fingerprint density at radius 1 is 1.22 bits per heavy atom. The number of rotatable bonds is 8. The summed E-state index contributed by atoms with van der Waals surface area (Å²) in [4.78, 5) is 32.3. The van der Waals surface area contributed by atoms with Gasteiger partial charge in [-0.15, -0.1) is 11.3 Å². The number of hydrogen-bond donors (Lipinski definition) is 3. The number of aromatic nitrogens is 3. The number of aryl methyl sites for hydroxylation is 1. The van der Waals surface area contributed by atoms with Crippen LogP contribution in [-0.2, 0) is 16.1 Å². The van der Waals surface area contributed by atoms with Crippen molar-refractivity contribution in [2.24, 2.45) is 11.8 Å². The second-order valence-corrected chi connectivity index (χ2v) is 10.3.